The van der Waals surface area contributed by atoms with Crippen LogP contribution in [0.2, 0.25) is 0 Å². The van der Waals surface area contributed by atoms with Gasteiger partial charge in [0.25, 0.3) is 0 Å². The Labute approximate surface area is 365 Å². The van der Waals surface area contributed by atoms with Gasteiger partial charge in [-0.15, -0.1) is 0 Å². The summed E-state index contributed by atoms with van der Waals surface area (Å²) >= 11 is 0. The molecule has 0 aromatic heterocycles. The van der Waals surface area contributed by atoms with Crippen LogP contribution in [0.4, 0.5) is 0 Å². The van der Waals surface area contributed by atoms with E-state index < -0.39 is 12.2 Å². The number of carbonyl (C=O) groups is 1. The molecule has 8 N–H and O–H groups in total. The Morgan fingerprint density at radius 1 is 0.441 bits per heavy atom. The zero-order valence-electron chi connectivity index (χ0n) is 32.9. The van der Waals surface area contributed by atoms with Crippen LogP contribution >= 0.6 is 0 Å². The number of carbonyl (C=O) groups excluding carboxylic acids is 1. The van der Waals surface area contributed by atoms with Crippen molar-refractivity contribution in [3.63, 3.8) is 0 Å². The first-order valence-corrected chi connectivity index (χ1v) is 18.1. The third-order valence-electron chi connectivity index (χ3n) is 10.1. The monoisotopic (exact) mass is 807 g/mol. The molecule has 297 valence electrons. The average molecular weight is 808 g/mol. The molecule has 0 aliphatic carbocycles. The quantitative estimate of drug-likeness (QED) is 0.120. The van der Waals surface area contributed by atoms with E-state index in [-0.39, 0.29) is 104 Å². The van der Waals surface area contributed by atoms with E-state index in [0.717, 1.165) is 16.7 Å². The van der Waals surface area contributed by atoms with E-state index in [1.54, 1.807) is 91.0 Å². The first kappa shape index (κ1) is 44.3. The van der Waals surface area contributed by atoms with Crippen LogP contribution in [-0.4, -0.2) is 74.9 Å². The smallest absolute Gasteiger partial charge is 1.00 e. The summed E-state index contributed by atoms with van der Waals surface area (Å²) in [6.07, 6.45) is -1.37. The Kier molecular flexibility index (Phi) is 14.5. The van der Waals surface area contributed by atoms with Crippen LogP contribution in [0.15, 0.2) is 127 Å². The molecule has 59 heavy (non-hydrogen) atoms. The van der Waals surface area contributed by atoms with Crippen molar-refractivity contribution in [3.05, 3.63) is 161 Å². The Bertz CT molecular complexity index is 2250. The van der Waals surface area contributed by atoms with E-state index in [2.05, 4.69) is 0 Å². The van der Waals surface area contributed by atoms with Gasteiger partial charge in [-0.1, -0.05) is 36.4 Å². The zero-order valence-corrected chi connectivity index (χ0v) is 33.9. The fourth-order valence-electron chi connectivity index (χ4n) is 6.98. The Morgan fingerprint density at radius 2 is 0.780 bits per heavy atom. The van der Waals surface area contributed by atoms with Crippen LogP contribution in [0.3, 0.4) is 0 Å². The summed E-state index contributed by atoms with van der Waals surface area (Å²) in [7, 11) is 0. The molecule has 0 saturated carbocycles. The van der Waals surface area contributed by atoms with Gasteiger partial charge < -0.3 is 56.5 Å². The number of ketones is 1. The van der Waals surface area contributed by atoms with E-state index in [9.17, 15) is 45.6 Å². The molecule has 0 amide bonds. The van der Waals surface area contributed by atoms with Crippen molar-refractivity contribution in [2.75, 3.05) is 19.8 Å². The second kappa shape index (κ2) is 19.3. The number of ether oxygens (including phenoxy) is 3. The first-order valence-electron chi connectivity index (χ1n) is 18.1. The summed E-state index contributed by atoms with van der Waals surface area (Å²) in [6.45, 7) is 0.908. The van der Waals surface area contributed by atoms with Crippen LogP contribution in [-0.2, 0) is 0 Å². The summed E-state index contributed by atoms with van der Waals surface area (Å²) in [4.78, 5) is 12.4. The van der Waals surface area contributed by atoms with Gasteiger partial charge in [-0.3, -0.25) is 4.79 Å². The van der Waals surface area contributed by atoms with Crippen molar-refractivity contribution in [2.24, 2.45) is 0 Å². The van der Waals surface area contributed by atoms with Crippen molar-refractivity contribution in [1.82, 2.24) is 0 Å². The van der Waals surface area contributed by atoms with Crippen molar-refractivity contribution in [3.8, 4) is 51.7 Å². The van der Waals surface area contributed by atoms with Gasteiger partial charge in [0.2, 0.25) is 0 Å². The molecule has 3 heterocycles. The molecule has 6 aromatic rings. The van der Waals surface area contributed by atoms with Gasteiger partial charge in [0.05, 0.1) is 36.9 Å². The second-order valence-electron chi connectivity index (χ2n) is 13.9. The van der Waals surface area contributed by atoms with Crippen molar-refractivity contribution < 1.29 is 90.8 Å². The molecule has 1 unspecified atom stereocenters. The Morgan fingerprint density at radius 3 is 1.20 bits per heavy atom. The SMILES string of the molecule is O=C1c2ccc(O)cc2OCC1c1ccc(O)cc1.Oc1ccc([C@@H]2COc3cc(O)ccc3[C@@H]2O)cc1.Oc1ccc([C@@H]2COc3cc(O)ccc3[C@H]2O)cc1.[B].[H-].[Na+]. The van der Waals surface area contributed by atoms with E-state index in [4.69, 9.17) is 14.2 Å². The number of fused-ring (bicyclic) bond motifs is 3. The summed E-state index contributed by atoms with van der Waals surface area (Å²) in [5, 5.41) is 76.8. The number of hydrogen-bond acceptors (Lipinski definition) is 12. The van der Waals surface area contributed by atoms with E-state index in [1.807, 2.05) is 0 Å². The molecule has 3 aliphatic heterocycles. The molecule has 0 spiro atoms. The zero-order chi connectivity index (χ0) is 40.2. The molecule has 6 aromatic carbocycles. The number of Topliss-reactive ketones (excluding diaryl/α,β-unsaturated/α-hetero) is 1. The van der Waals surface area contributed by atoms with Gasteiger partial charge >= 0.3 is 29.6 Å². The predicted octanol–water partition coefficient (Wildman–Crippen LogP) is 3.81. The summed E-state index contributed by atoms with van der Waals surface area (Å²) in [5.74, 6) is 1.54. The average Bonchev–Trinajstić information content (AvgIpc) is 3.20. The maximum atomic E-state index is 12.4. The van der Waals surface area contributed by atoms with E-state index >= 15 is 0 Å². The van der Waals surface area contributed by atoms with Crippen LogP contribution in [0.5, 0.6) is 51.7 Å². The minimum Gasteiger partial charge on any atom is -1.00 e. The van der Waals surface area contributed by atoms with E-state index in [0.29, 0.717) is 47.2 Å². The van der Waals surface area contributed by atoms with Crippen LogP contribution in [0.1, 0.15) is 69.6 Å². The van der Waals surface area contributed by atoms with Gasteiger partial charge in [-0.2, -0.15) is 0 Å². The normalized spacial score (nSPS) is 19.6. The molecule has 3 radical (unpaired) electrons. The Balaban J connectivity index is 0.000000194. The number of phenols is 6. The molecule has 0 fully saturated rings. The van der Waals surface area contributed by atoms with Crippen LogP contribution < -0.4 is 43.8 Å². The molecule has 0 bridgehead atoms. The maximum Gasteiger partial charge on any atom is 1.00 e. The number of aliphatic hydroxyl groups is 2. The van der Waals surface area contributed by atoms with Crippen LogP contribution in [0.25, 0.3) is 0 Å². The van der Waals surface area contributed by atoms with E-state index in [1.165, 1.54) is 36.4 Å². The molecule has 12 nitrogen and oxygen atoms in total. The summed E-state index contributed by atoms with van der Waals surface area (Å²) < 4.78 is 16.7. The molecular weight excluding hydrogens is 766 g/mol. The largest absolute Gasteiger partial charge is 1.00 e. The Hall–Kier alpha value is -5.83. The third kappa shape index (κ3) is 10.1. The topological polar surface area (TPSA) is 207 Å². The molecule has 5 atom stereocenters. The second-order valence-corrected chi connectivity index (χ2v) is 13.9. The number of phenolic OH excluding ortho intramolecular Hbond substituents is 6. The number of aromatic hydroxyl groups is 6. The number of benzene rings is 6. The number of aliphatic hydroxyl groups excluding tert-OH is 2. The van der Waals surface area contributed by atoms with Gasteiger partial charge in [-0.05, 0) is 89.5 Å². The van der Waals surface area contributed by atoms with Crippen molar-refractivity contribution in [1.29, 1.82) is 0 Å². The van der Waals surface area contributed by atoms with Gasteiger partial charge in [0, 0.05) is 49.6 Å². The third-order valence-corrected chi connectivity index (χ3v) is 10.1. The fraction of sp³-hybridized carbons (Fsp3) is 0.178. The van der Waals surface area contributed by atoms with Gasteiger partial charge in [0.1, 0.15) is 58.4 Å². The molecule has 3 aliphatic rings. The summed E-state index contributed by atoms with van der Waals surface area (Å²) in [6, 6.07) is 33.9. The first-order chi connectivity index (χ1) is 27.4. The molecule has 9 rings (SSSR count). The fourth-order valence-corrected chi connectivity index (χ4v) is 6.98. The van der Waals surface area contributed by atoms with Crippen LogP contribution in [0, 0.1) is 0 Å². The maximum absolute atomic E-state index is 12.4. The van der Waals surface area contributed by atoms with Gasteiger partial charge in [-0.25, -0.2) is 0 Å². The summed E-state index contributed by atoms with van der Waals surface area (Å²) in [5.41, 5.74) is 4.43. The predicted molar refractivity (Wildman–Crippen MR) is 214 cm³/mol. The number of hydrogen-bond donors (Lipinski definition) is 8. The minimum absolute atomic E-state index is 0. The standard InChI is InChI=1S/2C15H14O4.C15H12O4.B.Na.H/c3*16-10-3-1-9(2-4-10)13-8-19-14-7-11(17)5-6-12(14)15(13)18;;;/h2*1-7,13,15-18H,8H2;1-7,13,16-17H,8H2;;;/q;;;;+1;-1/t13-,15+;13-,15-;;;;/m00..../s1. The molecule has 14 heteroatoms. The molecular formula is C45H41BNaO12. The minimum atomic E-state index is -0.686. The molecule has 0 saturated heterocycles. The van der Waals surface area contributed by atoms with Gasteiger partial charge in [0.15, 0.2) is 5.78 Å². The van der Waals surface area contributed by atoms with Crippen molar-refractivity contribution in [2.45, 2.75) is 30.0 Å². The van der Waals surface area contributed by atoms with Crippen molar-refractivity contribution >= 4 is 14.2 Å². The number of rotatable bonds is 3.